The van der Waals surface area contributed by atoms with Gasteiger partial charge in [-0.2, -0.15) is 0 Å². The molecular weight excluding hydrogens is 448 g/mol. The number of aliphatic hydroxyl groups is 2. The first-order chi connectivity index (χ1) is 13.8. The van der Waals surface area contributed by atoms with Crippen molar-refractivity contribution in [3.63, 3.8) is 0 Å². The Hall–Kier alpha value is -2.12. The van der Waals surface area contributed by atoms with E-state index in [0.717, 1.165) is 0 Å². The summed E-state index contributed by atoms with van der Waals surface area (Å²) in [5.74, 6) is -0.392. The van der Waals surface area contributed by atoms with E-state index in [0.29, 0.717) is 37.6 Å². The van der Waals surface area contributed by atoms with Gasteiger partial charge in [-0.15, -0.1) is 0 Å². The Bertz CT molecular complexity index is 812. The van der Waals surface area contributed by atoms with Crippen LogP contribution in [0.5, 0.6) is 0 Å². The standard InChI is InChI=1S/C22H34N4O4.Cu/c1-9-25-19(29)15(17(27)21(25,5)6)13(3)23-11-12-24-14(4)16-18(28)22(7,8)26(10-2)20(16)30;/h27-28H,9-12H2,1-8H3;. The number of aliphatic hydroxyl groups excluding tert-OH is 2. The summed E-state index contributed by atoms with van der Waals surface area (Å²) in [5.41, 5.74) is -0.0867. The Morgan fingerprint density at radius 3 is 1.29 bits per heavy atom. The van der Waals surface area contributed by atoms with E-state index in [1.807, 2.05) is 13.8 Å². The molecule has 0 aliphatic carbocycles. The molecule has 8 nitrogen and oxygen atoms in total. The first-order valence-electron chi connectivity index (χ1n) is 10.4. The van der Waals surface area contributed by atoms with Crippen LogP contribution >= 0.6 is 0 Å². The Morgan fingerprint density at radius 1 is 0.774 bits per heavy atom. The van der Waals surface area contributed by atoms with Crippen LogP contribution in [0.15, 0.2) is 32.6 Å². The maximum Gasteiger partial charge on any atom is 0.260 e. The molecule has 31 heavy (non-hydrogen) atoms. The second-order valence-corrected chi connectivity index (χ2v) is 8.60. The summed E-state index contributed by atoms with van der Waals surface area (Å²) in [6.45, 7) is 15.9. The molecule has 0 bridgehead atoms. The van der Waals surface area contributed by atoms with Gasteiger partial charge in [-0.25, -0.2) is 0 Å². The van der Waals surface area contributed by atoms with Crippen LogP contribution in [0.3, 0.4) is 0 Å². The summed E-state index contributed by atoms with van der Waals surface area (Å²) in [4.78, 5) is 37.3. The summed E-state index contributed by atoms with van der Waals surface area (Å²) in [6.07, 6.45) is 0. The molecule has 2 aliphatic rings. The van der Waals surface area contributed by atoms with Gasteiger partial charge < -0.3 is 20.0 Å². The minimum Gasteiger partial charge on any atom is -0.509 e. The van der Waals surface area contributed by atoms with Gasteiger partial charge in [0.05, 0.1) is 24.2 Å². The molecule has 2 amide bonds. The van der Waals surface area contributed by atoms with Crippen molar-refractivity contribution in [3.05, 3.63) is 22.7 Å². The fourth-order valence-corrected chi connectivity index (χ4v) is 4.17. The quantitative estimate of drug-likeness (QED) is 0.331. The van der Waals surface area contributed by atoms with Crippen molar-refractivity contribution in [2.75, 3.05) is 26.2 Å². The van der Waals surface area contributed by atoms with Gasteiger partial charge in [0.15, 0.2) is 0 Å². The molecule has 1 radical (unpaired) electrons. The number of amides is 2. The first-order valence-corrected chi connectivity index (χ1v) is 10.4. The molecule has 2 aliphatic heterocycles. The summed E-state index contributed by atoms with van der Waals surface area (Å²) in [7, 11) is 0. The number of rotatable bonds is 7. The van der Waals surface area contributed by atoms with Gasteiger partial charge >= 0.3 is 0 Å². The molecule has 9 heteroatoms. The Kier molecular flexibility index (Phi) is 8.31. The second kappa shape index (κ2) is 9.57. The van der Waals surface area contributed by atoms with Crippen LogP contribution in [-0.4, -0.2) is 80.5 Å². The molecule has 0 aromatic rings. The Balaban J connectivity index is 0.00000480. The van der Waals surface area contributed by atoms with Crippen LogP contribution in [0.25, 0.3) is 0 Å². The SMILES string of the molecule is CCN1C(=O)C(C(C)=NCCN=C(C)C2=C(O)C(C)(C)N(CC)C2=O)=C(O)C1(C)C.[Cu]. The van der Waals surface area contributed by atoms with E-state index in [1.165, 1.54) is 0 Å². The van der Waals surface area contributed by atoms with E-state index in [-0.39, 0.29) is 51.5 Å². The third-order valence-electron chi connectivity index (χ3n) is 6.05. The molecular formula is C22H34CuN4O4. The number of aliphatic imine (C=N–C) groups is 2. The maximum atomic E-state index is 12.6. The van der Waals surface area contributed by atoms with Crippen molar-refractivity contribution < 1.29 is 36.9 Å². The smallest absolute Gasteiger partial charge is 0.260 e. The number of carbonyl (C=O) groups is 2. The van der Waals surface area contributed by atoms with Crippen molar-refractivity contribution in [2.24, 2.45) is 9.98 Å². The molecule has 0 saturated carbocycles. The first kappa shape index (κ1) is 26.9. The zero-order chi connectivity index (χ0) is 23.0. The molecule has 0 saturated heterocycles. The normalized spacial score (nSPS) is 21.4. The molecule has 2 heterocycles. The molecule has 2 rings (SSSR count). The molecule has 0 spiro atoms. The average Bonchev–Trinajstić information content (AvgIpc) is 2.93. The third-order valence-corrected chi connectivity index (χ3v) is 6.05. The minimum atomic E-state index is -0.753. The zero-order valence-electron chi connectivity index (χ0n) is 19.6. The van der Waals surface area contributed by atoms with E-state index in [1.54, 1.807) is 51.3 Å². The third kappa shape index (κ3) is 4.44. The van der Waals surface area contributed by atoms with Crippen LogP contribution in [0.1, 0.15) is 55.4 Å². The van der Waals surface area contributed by atoms with Crippen molar-refractivity contribution in [1.82, 2.24) is 9.80 Å². The van der Waals surface area contributed by atoms with Crippen molar-refractivity contribution in [1.29, 1.82) is 0 Å². The molecule has 0 atom stereocenters. The Labute approximate surface area is 195 Å². The fraction of sp³-hybridized carbons (Fsp3) is 0.636. The van der Waals surface area contributed by atoms with Gasteiger partial charge in [-0.05, 0) is 55.4 Å². The number of hydrogen-bond donors (Lipinski definition) is 2. The van der Waals surface area contributed by atoms with E-state index in [2.05, 4.69) is 9.98 Å². The molecule has 177 valence electrons. The summed E-state index contributed by atoms with van der Waals surface area (Å²) in [5, 5.41) is 21.1. The van der Waals surface area contributed by atoms with Crippen LogP contribution in [0.2, 0.25) is 0 Å². The van der Waals surface area contributed by atoms with Gasteiger partial charge in [-0.3, -0.25) is 19.6 Å². The monoisotopic (exact) mass is 481 g/mol. The van der Waals surface area contributed by atoms with Gasteiger partial charge in [0.2, 0.25) is 0 Å². The Morgan fingerprint density at radius 2 is 1.06 bits per heavy atom. The summed E-state index contributed by atoms with van der Waals surface area (Å²) < 4.78 is 0. The van der Waals surface area contributed by atoms with Gasteiger partial charge in [-0.1, -0.05) is 0 Å². The van der Waals surface area contributed by atoms with Crippen LogP contribution < -0.4 is 0 Å². The maximum absolute atomic E-state index is 12.6. The molecule has 0 fully saturated rings. The van der Waals surface area contributed by atoms with Crippen molar-refractivity contribution >= 4 is 23.2 Å². The second-order valence-electron chi connectivity index (χ2n) is 8.60. The van der Waals surface area contributed by atoms with Crippen LogP contribution in [-0.2, 0) is 26.7 Å². The molecule has 2 N–H and O–H groups in total. The van der Waals surface area contributed by atoms with E-state index < -0.39 is 11.1 Å². The van der Waals surface area contributed by atoms with Crippen molar-refractivity contribution in [2.45, 2.75) is 66.5 Å². The van der Waals surface area contributed by atoms with Crippen molar-refractivity contribution in [3.8, 4) is 0 Å². The number of hydrogen-bond acceptors (Lipinski definition) is 6. The summed E-state index contributed by atoms with van der Waals surface area (Å²) >= 11 is 0. The van der Waals surface area contributed by atoms with Crippen LogP contribution in [0, 0.1) is 0 Å². The largest absolute Gasteiger partial charge is 0.509 e. The zero-order valence-corrected chi connectivity index (χ0v) is 20.6. The fourth-order valence-electron chi connectivity index (χ4n) is 4.17. The topological polar surface area (TPSA) is 106 Å². The van der Waals surface area contributed by atoms with Gasteiger partial charge in [0, 0.05) is 41.6 Å². The van der Waals surface area contributed by atoms with E-state index in [9.17, 15) is 19.8 Å². The predicted octanol–water partition coefficient (Wildman–Crippen LogP) is 2.81. The van der Waals surface area contributed by atoms with Crippen LogP contribution in [0.4, 0.5) is 0 Å². The van der Waals surface area contributed by atoms with Gasteiger partial charge in [0.25, 0.3) is 11.8 Å². The minimum absolute atomic E-state index is 0. The predicted molar refractivity (Wildman–Crippen MR) is 118 cm³/mol. The average molecular weight is 482 g/mol. The summed E-state index contributed by atoms with van der Waals surface area (Å²) in [6, 6.07) is 0. The number of carbonyl (C=O) groups excluding carboxylic acids is 2. The van der Waals surface area contributed by atoms with E-state index >= 15 is 0 Å². The molecule has 0 unspecified atom stereocenters. The van der Waals surface area contributed by atoms with E-state index in [4.69, 9.17) is 0 Å². The molecule has 0 aromatic carbocycles. The molecule has 0 aromatic heterocycles. The van der Waals surface area contributed by atoms with Gasteiger partial charge in [0.1, 0.15) is 22.7 Å². The number of likely N-dealkylation sites (N-methyl/N-ethyl adjacent to an activating group) is 2. The number of nitrogens with zero attached hydrogens (tertiary/aromatic N) is 4.